The van der Waals surface area contributed by atoms with Crippen LogP contribution in [0.25, 0.3) is 0 Å². The molecule has 0 saturated heterocycles. The van der Waals surface area contributed by atoms with Crippen molar-refractivity contribution in [2.24, 2.45) is 0 Å². The second-order valence-electron chi connectivity index (χ2n) is 2.90. The van der Waals surface area contributed by atoms with E-state index in [0.29, 0.717) is 6.61 Å². The second kappa shape index (κ2) is 62.3. The van der Waals surface area contributed by atoms with Gasteiger partial charge in [0.1, 0.15) is 0 Å². The van der Waals surface area contributed by atoms with Crippen LogP contribution < -0.4 is 0 Å². The number of rotatable bonds is 1. The molecular formula is C12H16Cl24O2. The predicted octanol–water partition coefficient (Wildman–Crippen LogP) is 16.5. The van der Waals surface area contributed by atoms with Gasteiger partial charge in [0, 0.05) is 6.92 Å². The molecule has 0 saturated carbocycles. The molecule has 0 bridgehead atoms. The van der Waals surface area contributed by atoms with E-state index in [4.69, 9.17) is 278 Å². The molecule has 0 amide bonds. The summed E-state index contributed by atoms with van der Waals surface area (Å²) in [6.07, 6.45) is 0. The molecule has 0 radical (unpaired) electrons. The van der Waals surface area contributed by atoms with Crippen LogP contribution in [0.4, 0.5) is 0 Å². The van der Waals surface area contributed by atoms with E-state index in [1.807, 2.05) is 0 Å². The minimum absolute atomic E-state index is 0.211. The highest BCUT2D eigenvalue weighted by Crippen LogP contribution is 2.06. The zero-order valence-corrected chi connectivity index (χ0v) is 35.9. The summed E-state index contributed by atoms with van der Waals surface area (Å²) in [5, 5.41) is 0. The molecule has 26 heteroatoms. The van der Waals surface area contributed by atoms with Crippen molar-refractivity contribution in [3.05, 3.63) is 0 Å². The number of ether oxygens (including phenoxy) is 1. The zero-order valence-electron chi connectivity index (χ0n) is 17.7. The molecule has 0 fully saturated rings. The molecule has 244 valence electrons. The Kier molecular flexibility index (Phi) is 109. The molecular weight excluding hydrogens is 1030 g/mol. The molecule has 0 spiro atoms. The average Bonchev–Trinajstić information content (AvgIpc) is 2.49. The Morgan fingerprint density at radius 1 is 0.395 bits per heavy atom. The normalized spacial score (nSPS) is 8.79. The van der Waals surface area contributed by atoms with Gasteiger partial charge in [-0.3, -0.25) is 4.79 Å². The van der Waals surface area contributed by atoms with E-state index >= 15 is 0 Å². The Morgan fingerprint density at radius 3 is 0.474 bits per heavy atom. The Hall–Kier alpha value is 6.43. The molecule has 0 aliphatic heterocycles. The maximum Gasteiger partial charge on any atom is 0.302 e. The molecule has 0 rings (SSSR count). The molecule has 0 aromatic rings. The summed E-state index contributed by atoms with van der Waals surface area (Å²) < 4.78 is -1.60. The summed E-state index contributed by atoms with van der Waals surface area (Å²) in [6, 6.07) is 0. The largest absolute Gasteiger partial charge is 0.466 e. The van der Waals surface area contributed by atoms with E-state index in [0.717, 1.165) is 0 Å². The lowest BCUT2D eigenvalue weighted by atomic mass is 10.8. The molecule has 0 heterocycles. The van der Waals surface area contributed by atoms with Crippen LogP contribution in [0.1, 0.15) is 13.8 Å². The lowest BCUT2D eigenvalue weighted by Gasteiger charge is -1.89. The van der Waals surface area contributed by atoms with Gasteiger partial charge in [-0.05, 0) is 6.92 Å². The lowest BCUT2D eigenvalue weighted by Crippen LogP contribution is -1.95. The van der Waals surface area contributed by atoms with Crippen molar-refractivity contribution in [1.82, 2.24) is 0 Å². The van der Waals surface area contributed by atoms with Gasteiger partial charge >= 0.3 is 5.97 Å². The third-order valence-electron chi connectivity index (χ3n) is 0.348. The summed E-state index contributed by atoms with van der Waals surface area (Å²) in [5.74, 6) is -0.211. The van der Waals surface area contributed by atoms with Crippen molar-refractivity contribution >= 4 is 284 Å². The Morgan fingerprint density at radius 2 is 0.474 bits per heavy atom. The van der Waals surface area contributed by atoms with Crippen LogP contribution in [-0.2, 0) is 9.53 Å². The van der Waals surface area contributed by atoms with Gasteiger partial charge in [-0.2, -0.15) is 0 Å². The number of carbonyl (C=O) groups excluding carboxylic acids is 1. The number of hydrogen-bond acceptors (Lipinski definition) is 2. The smallest absolute Gasteiger partial charge is 0.302 e. The number of hydrogen-bond donors (Lipinski definition) is 0. The Labute approximate surface area is 343 Å². The molecule has 0 aromatic carbocycles. The van der Waals surface area contributed by atoms with Gasteiger partial charge in [0.25, 0.3) is 0 Å². The van der Waals surface area contributed by atoms with E-state index in [2.05, 4.69) is 4.74 Å². The van der Waals surface area contributed by atoms with Gasteiger partial charge < -0.3 is 4.74 Å². The molecule has 0 N–H and O–H groups in total. The van der Waals surface area contributed by atoms with Gasteiger partial charge in [0.2, 0.25) is 0 Å². The standard InChI is InChI=1S/C4H8O2.8CHCl3/c1-3-6-4(2)5;8*2-1(3)4/h3H2,1-2H3;8*1H. The van der Waals surface area contributed by atoms with Gasteiger partial charge in [0.15, 0.2) is 34.4 Å². The van der Waals surface area contributed by atoms with Gasteiger partial charge in [-0.1, -0.05) is 278 Å². The van der Waals surface area contributed by atoms with E-state index in [-0.39, 0.29) is 5.97 Å². The van der Waals surface area contributed by atoms with Crippen molar-refractivity contribution in [3.63, 3.8) is 0 Å². The quantitative estimate of drug-likeness (QED) is 0.193. The first-order valence-electron chi connectivity index (χ1n) is 7.14. The van der Waals surface area contributed by atoms with Crippen molar-refractivity contribution in [1.29, 1.82) is 0 Å². The summed E-state index contributed by atoms with van der Waals surface area (Å²) >= 11 is 115. The van der Waals surface area contributed by atoms with E-state index in [9.17, 15) is 4.79 Å². The Balaban J connectivity index is -0.0000000357. The predicted molar refractivity (Wildman–Crippen MR) is 193 cm³/mol. The van der Waals surface area contributed by atoms with Gasteiger partial charge in [-0.15, -0.1) is 0 Å². The van der Waals surface area contributed by atoms with Crippen molar-refractivity contribution in [3.8, 4) is 0 Å². The first kappa shape index (κ1) is 66.8. The molecule has 0 unspecified atom stereocenters. The fraction of sp³-hybridized carbons (Fsp3) is 0.917. The summed E-state index contributed by atoms with van der Waals surface area (Å²) in [6.45, 7) is 3.65. The second-order valence-corrected chi connectivity index (χ2v) is 18.7. The van der Waals surface area contributed by atoms with E-state index in [1.54, 1.807) is 6.92 Å². The van der Waals surface area contributed by atoms with Crippen molar-refractivity contribution < 1.29 is 9.53 Å². The molecule has 0 aliphatic carbocycles. The number of esters is 1. The molecule has 2 nitrogen and oxygen atoms in total. The van der Waals surface area contributed by atoms with E-state index < -0.39 is 34.4 Å². The number of carbonyl (C=O) groups is 1. The van der Waals surface area contributed by atoms with Crippen molar-refractivity contribution in [2.45, 2.75) is 48.2 Å². The summed E-state index contributed by atoms with van der Waals surface area (Å²) in [5.41, 5.74) is 0. The molecule has 38 heavy (non-hydrogen) atoms. The van der Waals surface area contributed by atoms with Crippen LogP contribution in [0.15, 0.2) is 0 Å². The SMILES string of the molecule is CCOC(C)=O.ClC(Cl)Cl.ClC(Cl)Cl.ClC(Cl)Cl.ClC(Cl)Cl.ClC(Cl)Cl.ClC(Cl)Cl.ClC(Cl)Cl.ClC(Cl)Cl. The van der Waals surface area contributed by atoms with Gasteiger partial charge in [-0.25, -0.2) is 0 Å². The third-order valence-corrected chi connectivity index (χ3v) is 0.348. The molecule has 0 aliphatic rings. The topological polar surface area (TPSA) is 26.3 Å². The fourth-order valence-corrected chi connectivity index (χ4v) is 0.203. The van der Waals surface area contributed by atoms with Crippen LogP contribution >= 0.6 is 278 Å². The molecule has 0 aromatic heterocycles. The zero-order chi connectivity index (χ0) is 33.6. The minimum atomic E-state index is -0.750. The first-order valence-corrected chi connectivity index (χ1v) is 17.6. The maximum absolute atomic E-state index is 9.82. The monoisotopic (exact) mass is 1030 g/mol. The van der Waals surface area contributed by atoms with Crippen LogP contribution in [0.2, 0.25) is 0 Å². The highest BCUT2D eigenvalue weighted by atomic mass is 35.6. The summed E-state index contributed by atoms with van der Waals surface area (Å²) in [4.78, 5) is 9.82. The summed E-state index contributed by atoms with van der Waals surface area (Å²) in [7, 11) is 0. The minimum Gasteiger partial charge on any atom is -0.466 e. The highest BCUT2D eigenvalue weighted by Gasteiger charge is 1.82. The van der Waals surface area contributed by atoms with Crippen LogP contribution in [0.5, 0.6) is 0 Å². The van der Waals surface area contributed by atoms with Crippen LogP contribution in [0, 0.1) is 0 Å². The highest BCUT2D eigenvalue weighted by molar-refractivity contribution is 6.65. The number of halogens is 24. The Bertz CT molecular complexity index is 250. The fourth-order valence-electron chi connectivity index (χ4n) is 0.203. The molecule has 0 atom stereocenters. The van der Waals surface area contributed by atoms with Crippen molar-refractivity contribution in [2.75, 3.05) is 6.61 Å². The van der Waals surface area contributed by atoms with Crippen LogP contribution in [0.3, 0.4) is 0 Å². The van der Waals surface area contributed by atoms with Crippen LogP contribution in [-0.4, -0.2) is 46.9 Å². The maximum atomic E-state index is 9.82. The van der Waals surface area contributed by atoms with E-state index in [1.165, 1.54) is 6.92 Å². The number of alkyl halides is 24. The first-order chi connectivity index (χ1) is 16.6. The lowest BCUT2D eigenvalue weighted by molar-refractivity contribution is -0.140. The average molecular weight is 1040 g/mol. The third kappa shape index (κ3) is 819. The van der Waals surface area contributed by atoms with Gasteiger partial charge in [0.05, 0.1) is 6.61 Å².